The van der Waals surface area contributed by atoms with Crippen molar-refractivity contribution in [2.24, 2.45) is 34.0 Å². The van der Waals surface area contributed by atoms with Gasteiger partial charge in [-0.1, -0.05) is 58.0 Å². The quantitative estimate of drug-likeness (QED) is 0.0443. The van der Waals surface area contributed by atoms with E-state index in [0.29, 0.717) is 12.8 Å². The van der Waals surface area contributed by atoms with Crippen molar-refractivity contribution < 1.29 is 33.9 Å². The van der Waals surface area contributed by atoms with Gasteiger partial charge in [0.2, 0.25) is 29.5 Å². The maximum absolute atomic E-state index is 13.2. The minimum Gasteiger partial charge on any atom is -0.480 e. The molecule has 49 heavy (non-hydrogen) atoms. The summed E-state index contributed by atoms with van der Waals surface area (Å²) < 4.78 is 0. The molecule has 0 unspecified atom stereocenters. The number of nitrogens with zero attached hydrogens (tertiary/aromatic N) is 1. The van der Waals surface area contributed by atoms with E-state index in [1.807, 2.05) is 58.0 Å². The molecule has 16 nitrogen and oxygen atoms in total. The van der Waals surface area contributed by atoms with Gasteiger partial charge in [0.1, 0.15) is 30.2 Å². The van der Waals surface area contributed by atoms with Crippen LogP contribution >= 0.6 is 0 Å². The molecule has 1 aromatic rings. The van der Waals surface area contributed by atoms with E-state index in [1.165, 1.54) is 13.8 Å². The SMILES string of the molecule is CC(C)C[C@H](NC(=O)[C@H](C)NC(=O)[C@H](CC(C)C)NC(=O)[C@@H](N)Cc1ccccc1)C(=O)N[C@@H](C)C(=O)N[C@@H](CCCN=C(N)N)C(=O)O. The van der Waals surface area contributed by atoms with Crippen LogP contribution in [0.4, 0.5) is 0 Å². The number of carbonyl (C=O) groups is 6. The average Bonchev–Trinajstić information content (AvgIpc) is 3.01. The second-order valence-electron chi connectivity index (χ2n) is 13.0. The maximum atomic E-state index is 13.2. The van der Waals surface area contributed by atoms with Gasteiger partial charge in [0.15, 0.2) is 5.96 Å². The van der Waals surface area contributed by atoms with Crippen LogP contribution in [-0.2, 0) is 35.2 Å². The van der Waals surface area contributed by atoms with E-state index in [9.17, 15) is 33.9 Å². The van der Waals surface area contributed by atoms with Gasteiger partial charge >= 0.3 is 5.97 Å². The number of carboxylic acid groups (broad SMARTS) is 1. The highest BCUT2D eigenvalue weighted by molar-refractivity contribution is 5.96. The van der Waals surface area contributed by atoms with Crippen LogP contribution in [0, 0.1) is 11.8 Å². The summed E-state index contributed by atoms with van der Waals surface area (Å²) in [5.41, 5.74) is 17.5. The van der Waals surface area contributed by atoms with E-state index in [1.54, 1.807) is 0 Å². The van der Waals surface area contributed by atoms with Crippen LogP contribution in [0.3, 0.4) is 0 Å². The summed E-state index contributed by atoms with van der Waals surface area (Å²) in [6.07, 6.45) is 1.12. The fourth-order valence-corrected chi connectivity index (χ4v) is 4.76. The van der Waals surface area contributed by atoms with Crippen LogP contribution in [0.25, 0.3) is 0 Å². The Morgan fingerprint density at radius 2 is 1.12 bits per heavy atom. The van der Waals surface area contributed by atoms with Crippen molar-refractivity contribution in [2.75, 3.05) is 6.54 Å². The van der Waals surface area contributed by atoms with Gasteiger partial charge in [0, 0.05) is 6.54 Å². The number of carbonyl (C=O) groups excluding carboxylic acids is 5. The molecule has 16 heteroatoms. The van der Waals surface area contributed by atoms with E-state index in [4.69, 9.17) is 17.2 Å². The third-order valence-corrected chi connectivity index (χ3v) is 7.38. The number of hydrogen-bond acceptors (Lipinski definition) is 8. The van der Waals surface area contributed by atoms with Crippen LogP contribution in [0.15, 0.2) is 35.3 Å². The Kier molecular flexibility index (Phi) is 18.4. The molecule has 0 bridgehead atoms. The molecule has 0 aliphatic rings. The topological polar surface area (TPSA) is 273 Å². The molecule has 0 saturated carbocycles. The Balaban J connectivity index is 2.86. The fraction of sp³-hybridized carbons (Fsp3) is 0.606. The summed E-state index contributed by atoms with van der Waals surface area (Å²) in [6, 6.07) is 2.86. The van der Waals surface area contributed by atoms with Crippen LogP contribution in [0.1, 0.15) is 72.8 Å². The summed E-state index contributed by atoms with van der Waals surface area (Å²) in [7, 11) is 0. The third kappa shape index (κ3) is 16.8. The Morgan fingerprint density at radius 3 is 1.55 bits per heavy atom. The summed E-state index contributed by atoms with van der Waals surface area (Å²) in [5.74, 6) is -4.56. The highest BCUT2D eigenvalue weighted by Gasteiger charge is 2.31. The molecule has 0 spiro atoms. The largest absolute Gasteiger partial charge is 0.480 e. The minimum absolute atomic E-state index is 0.0271. The normalized spacial score (nSPS) is 14.7. The number of aliphatic imine (C=N–C) groups is 1. The van der Waals surface area contributed by atoms with Crippen LogP contribution in [0.5, 0.6) is 0 Å². The fourth-order valence-electron chi connectivity index (χ4n) is 4.76. The number of aliphatic carboxylic acids is 1. The molecule has 1 rings (SSSR count). The highest BCUT2D eigenvalue weighted by atomic mass is 16.4. The van der Waals surface area contributed by atoms with E-state index in [2.05, 4.69) is 31.6 Å². The van der Waals surface area contributed by atoms with E-state index in [0.717, 1.165) is 5.56 Å². The summed E-state index contributed by atoms with van der Waals surface area (Å²) in [4.78, 5) is 80.7. The van der Waals surface area contributed by atoms with E-state index < -0.39 is 71.8 Å². The van der Waals surface area contributed by atoms with Crippen molar-refractivity contribution in [1.29, 1.82) is 0 Å². The van der Waals surface area contributed by atoms with Crippen LogP contribution < -0.4 is 43.8 Å². The maximum Gasteiger partial charge on any atom is 0.326 e. The number of nitrogens with one attached hydrogen (secondary N) is 5. The van der Waals surface area contributed by atoms with Gasteiger partial charge in [-0.2, -0.15) is 0 Å². The second-order valence-corrected chi connectivity index (χ2v) is 13.0. The lowest BCUT2D eigenvalue weighted by Gasteiger charge is -2.26. The predicted molar refractivity (Wildman–Crippen MR) is 186 cm³/mol. The lowest BCUT2D eigenvalue weighted by Crippen LogP contribution is -2.58. The van der Waals surface area contributed by atoms with Crippen molar-refractivity contribution in [3.05, 3.63) is 35.9 Å². The number of benzene rings is 1. The summed E-state index contributed by atoms with van der Waals surface area (Å²) >= 11 is 0. The zero-order chi connectivity index (χ0) is 37.3. The molecule has 1 aromatic carbocycles. The number of carboxylic acids is 1. The molecule has 0 fully saturated rings. The standard InChI is InChI=1S/C33H55N9O7/c1-18(2)15-25(30(46)38-20(5)27(43)40-24(32(48)49)13-10-14-37-33(35)36)41-28(44)21(6)39-31(47)26(16-19(3)4)42-29(45)23(34)17-22-11-8-7-9-12-22/h7-9,11-12,18-21,23-26H,10,13-17,34H2,1-6H3,(H,38,46)(H,39,47)(H,40,43)(H,41,44)(H,42,45)(H,48,49)(H4,35,36,37)/t20-,21-,23-,24-,25-,26-/m0/s1. The summed E-state index contributed by atoms with van der Waals surface area (Å²) in [6.45, 7) is 10.5. The average molecular weight is 690 g/mol. The summed E-state index contributed by atoms with van der Waals surface area (Å²) in [5, 5.41) is 22.4. The lowest BCUT2D eigenvalue weighted by molar-refractivity contribution is -0.142. The molecule has 0 aliphatic carbocycles. The Morgan fingerprint density at radius 1 is 0.673 bits per heavy atom. The van der Waals surface area contributed by atoms with Gasteiger partial charge < -0.3 is 48.9 Å². The lowest BCUT2D eigenvalue weighted by atomic mass is 10.0. The number of hydrogen-bond donors (Lipinski definition) is 9. The Labute approximate surface area is 288 Å². The number of rotatable bonds is 21. The van der Waals surface area contributed by atoms with Crippen LogP contribution in [0.2, 0.25) is 0 Å². The van der Waals surface area contributed by atoms with Gasteiger partial charge in [-0.25, -0.2) is 4.79 Å². The van der Waals surface area contributed by atoms with Crippen molar-refractivity contribution >= 4 is 41.5 Å². The highest BCUT2D eigenvalue weighted by Crippen LogP contribution is 2.09. The van der Waals surface area contributed by atoms with Gasteiger partial charge in [0.05, 0.1) is 6.04 Å². The first-order chi connectivity index (χ1) is 22.9. The molecule has 12 N–H and O–H groups in total. The van der Waals surface area contributed by atoms with Gasteiger partial charge in [-0.3, -0.25) is 29.0 Å². The number of nitrogens with two attached hydrogens (primary N) is 3. The predicted octanol–water partition coefficient (Wildman–Crippen LogP) is -0.749. The van der Waals surface area contributed by atoms with Gasteiger partial charge in [-0.15, -0.1) is 0 Å². The number of guanidine groups is 1. The molecule has 274 valence electrons. The molecule has 0 radical (unpaired) electrons. The van der Waals surface area contributed by atoms with Crippen molar-refractivity contribution in [2.45, 2.75) is 110 Å². The molecule has 6 atom stereocenters. The molecule has 0 heterocycles. The Bertz CT molecular complexity index is 1290. The zero-order valence-corrected chi connectivity index (χ0v) is 29.3. The second kappa shape index (κ2) is 21.3. The number of amides is 5. The third-order valence-electron chi connectivity index (χ3n) is 7.38. The molecule has 5 amide bonds. The molecular formula is C33H55N9O7. The van der Waals surface area contributed by atoms with Crippen molar-refractivity contribution in [3.8, 4) is 0 Å². The Hall–Kier alpha value is -4.73. The molecular weight excluding hydrogens is 634 g/mol. The first kappa shape index (κ1) is 42.3. The monoisotopic (exact) mass is 689 g/mol. The van der Waals surface area contributed by atoms with Crippen molar-refractivity contribution in [3.63, 3.8) is 0 Å². The van der Waals surface area contributed by atoms with Crippen LogP contribution in [-0.4, -0.2) is 89.4 Å². The molecule has 0 saturated heterocycles. The first-order valence-electron chi connectivity index (χ1n) is 16.5. The van der Waals surface area contributed by atoms with E-state index in [-0.39, 0.29) is 43.6 Å². The van der Waals surface area contributed by atoms with Gasteiger partial charge in [0.25, 0.3) is 0 Å². The molecule has 0 aliphatic heterocycles. The van der Waals surface area contributed by atoms with E-state index >= 15 is 0 Å². The molecule has 0 aromatic heterocycles. The first-order valence-corrected chi connectivity index (χ1v) is 16.5. The zero-order valence-electron chi connectivity index (χ0n) is 29.3. The van der Waals surface area contributed by atoms with Crippen molar-refractivity contribution in [1.82, 2.24) is 26.6 Å². The smallest absolute Gasteiger partial charge is 0.326 e. The van der Waals surface area contributed by atoms with Gasteiger partial charge in [-0.05, 0) is 63.4 Å². The minimum atomic E-state index is -1.26.